The number of carbonyl (C=O) groups excluding carboxylic acids is 1. The van der Waals surface area contributed by atoms with E-state index in [1.54, 1.807) is 0 Å². The van der Waals surface area contributed by atoms with E-state index in [0.29, 0.717) is 17.7 Å². The molecule has 178 valence electrons. The van der Waals surface area contributed by atoms with Crippen LogP contribution in [0.2, 0.25) is 5.02 Å². The van der Waals surface area contributed by atoms with Crippen molar-refractivity contribution < 1.29 is 9.53 Å². The fourth-order valence-electron chi connectivity index (χ4n) is 5.40. The molecular weight excluding hydrogens is 432 g/mol. The van der Waals surface area contributed by atoms with Crippen molar-refractivity contribution in [3.63, 3.8) is 0 Å². The summed E-state index contributed by atoms with van der Waals surface area (Å²) in [5, 5.41) is 3.87. The molecule has 2 fully saturated rings. The molecule has 1 saturated heterocycles. The number of nitrogens with zero attached hydrogens (tertiary/aromatic N) is 1. The van der Waals surface area contributed by atoms with Crippen molar-refractivity contribution >= 4 is 23.2 Å². The lowest BCUT2D eigenvalue weighted by Gasteiger charge is -2.36. The fraction of sp³-hybridized carbons (Fsp3) is 0.536. The molecule has 0 radical (unpaired) electrons. The molecule has 2 aromatic carbocycles. The number of rotatable bonds is 8. The number of hydrogen-bond donors (Lipinski definition) is 1. The van der Waals surface area contributed by atoms with E-state index in [0.717, 1.165) is 55.6 Å². The minimum atomic E-state index is -0.483. The SMILES string of the molecule is C[C@@H]1CCCCN1CCCOc1ccc(NC(=O)C2(c3ccc(Cl)cc3)CCCCC2)cc1. The number of piperidine rings is 1. The van der Waals surface area contributed by atoms with Gasteiger partial charge in [-0.3, -0.25) is 4.79 Å². The molecule has 1 saturated carbocycles. The van der Waals surface area contributed by atoms with Crippen LogP contribution in [0.4, 0.5) is 5.69 Å². The number of halogens is 1. The second-order valence-electron chi connectivity index (χ2n) is 9.71. The lowest BCUT2D eigenvalue weighted by Crippen LogP contribution is -2.42. The number of hydrogen-bond acceptors (Lipinski definition) is 3. The Hall–Kier alpha value is -2.04. The zero-order valence-electron chi connectivity index (χ0n) is 19.8. The van der Waals surface area contributed by atoms with Crippen molar-refractivity contribution in [3.05, 3.63) is 59.1 Å². The van der Waals surface area contributed by atoms with Crippen LogP contribution in [0.1, 0.15) is 70.3 Å². The van der Waals surface area contributed by atoms with E-state index in [2.05, 4.69) is 17.1 Å². The van der Waals surface area contributed by atoms with Crippen molar-refractivity contribution in [1.29, 1.82) is 0 Å². The van der Waals surface area contributed by atoms with Crippen LogP contribution in [0.15, 0.2) is 48.5 Å². The van der Waals surface area contributed by atoms with Gasteiger partial charge in [0.2, 0.25) is 5.91 Å². The van der Waals surface area contributed by atoms with Gasteiger partial charge in [0.25, 0.3) is 0 Å². The average molecular weight is 469 g/mol. The lowest BCUT2D eigenvalue weighted by molar-refractivity contribution is -0.122. The molecule has 0 bridgehead atoms. The van der Waals surface area contributed by atoms with Gasteiger partial charge in [-0.2, -0.15) is 0 Å². The van der Waals surface area contributed by atoms with Gasteiger partial charge in [0.15, 0.2) is 0 Å². The van der Waals surface area contributed by atoms with Gasteiger partial charge in [0, 0.05) is 23.3 Å². The van der Waals surface area contributed by atoms with Crippen LogP contribution in [-0.4, -0.2) is 36.5 Å². The first-order chi connectivity index (χ1) is 16.1. The minimum Gasteiger partial charge on any atom is -0.494 e. The monoisotopic (exact) mass is 468 g/mol. The second-order valence-corrected chi connectivity index (χ2v) is 10.1. The van der Waals surface area contributed by atoms with Gasteiger partial charge >= 0.3 is 0 Å². The van der Waals surface area contributed by atoms with Gasteiger partial charge < -0.3 is 15.0 Å². The minimum absolute atomic E-state index is 0.0776. The summed E-state index contributed by atoms with van der Waals surface area (Å²) in [5.41, 5.74) is 1.39. The highest BCUT2D eigenvalue weighted by molar-refractivity contribution is 6.30. The molecule has 1 aliphatic heterocycles. The first kappa shape index (κ1) is 24.1. The lowest BCUT2D eigenvalue weighted by atomic mass is 9.68. The molecule has 4 nitrogen and oxygen atoms in total. The van der Waals surface area contributed by atoms with Crippen molar-refractivity contribution in [2.45, 2.75) is 76.2 Å². The largest absolute Gasteiger partial charge is 0.494 e. The Labute approximate surface area is 203 Å². The second kappa shape index (κ2) is 11.4. The quantitative estimate of drug-likeness (QED) is 0.432. The summed E-state index contributed by atoms with van der Waals surface area (Å²) >= 11 is 6.10. The normalized spacial score (nSPS) is 20.8. The number of anilines is 1. The summed E-state index contributed by atoms with van der Waals surface area (Å²) in [7, 11) is 0. The van der Waals surface area contributed by atoms with Gasteiger partial charge in [-0.25, -0.2) is 0 Å². The highest BCUT2D eigenvalue weighted by atomic mass is 35.5. The number of likely N-dealkylation sites (tertiary alicyclic amines) is 1. The highest BCUT2D eigenvalue weighted by Crippen LogP contribution is 2.41. The van der Waals surface area contributed by atoms with E-state index in [1.807, 2.05) is 48.5 Å². The van der Waals surface area contributed by atoms with Crippen LogP contribution in [-0.2, 0) is 10.2 Å². The highest BCUT2D eigenvalue weighted by Gasteiger charge is 2.41. The Bertz CT molecular complexity index is 891. The van der Waals surface area contributed by atoms with E-state index in [1.165, 1.54) is 32.2 Å². The maximum Gasteiger partial charge on any atom is 0.235 e. The number of ether oxygens (including phenoxy) is 1. The molecule has 2 aromatic rings. The molecule has 0 unspecified atom stereocenters. The fourth-order valence-corrected chi connectivity index (χ4v) is 5.53. The molecule has 2 aliphatic rings. The van der Waals surface area contributed by atoms with Crippen LogP contribution in [0.25, 0.3) is 0 Å². The summed E-state index contributed by atoms with van der Waals surface area (Å²) in [6, 6.07) is 16.3. The molecule has 1 amide bonds. The standard InChI is InChI=1S/C28H37ClN2O2/c1-22-8-3-6-19-31(22)20-7-21-33-26-15-13-25(14-16-26)30-27(32)28(17-4-2-5-18-28)23-9-11-24(29)12-10-23/h9-16,22H,2-8,17-21H2,1H3,(H,30,32)/t22-/m1/s1. The molecule has 1 N–H and O–H groups in total. The molecule has 0 spiro atoms. The first-order valence-corrected chi connectivity index (χ1v) is 13.0. The summed E-state index contributed by atoms with van der Waals surface area (Å²) in [6.45, 7) is 5.36. The third-order valence-electron chi connectivity index (χ3n) is 7.45. The van der Waals surface area contributed by atoms with Crippen molar-refractivity contribution in [1.82, 2.24) is 4.90 Å². The smallest absolute Gasteiger partial charge is 0.235 e. The van der Waals surface area contributed by atoms with Gasteiger partial charge in [-0.15, -0.1) is 0 Å². The summed E-state index contributed by atoms with van der Waals surface area (Å²) in [6.07, 6.45) is 10.1. The van der Waals surface area contributed by atoms with E-state index >= 15 is 0 Å². The van der Waals surface area contributed by atoms with Crippen LogP contribution in [0.3, 0.4) is 0 Å². The van der Waals surface area contributed by atoms with E-state index in [-0.39, 0.29) is 5.91 Å². The molecule has 0 aromatic heterocycles. The van der Waals surface area contributed by atoms with Gasteiger partial charge in [0.1, 0.15) is 5.75 Å². The van der Waals surface area contributed by atoms with Crippen LogP contribution >= 0.6 is 11.6 Å². The van der Waals surface area contributed by atoms with Crippen molar-refractivity contribution in [3.8, 4) is 5.75 Å². The predicted molar refractivity (Wildman–Crippen MR) is 136 cm³/mol. The van der Waals surface area contributed by atoms with Crippen LogP contribution in [0, 0.1) is 0 Å². The topological polar surface area (TPSA) is 41.6 Å². The maximum atomic E-state index is 13.5. The van der Waals surface area contributed by atoms with Gasteiger partial charge in [-0.05, 0) is 87.5 Å². The van der Waals surface area contributed by atoms with E-state index in [4.69, 9.17) is 16.3 Å². The first-order valence-electron chi connectivity index (χ1n) is 12.6. The molecule has 33 heavy (non-hydrogen) atoms. The number of nitrogens with one attached hydrogen (secondary N) is 1. The average Bonchev–Trinajstić information content (AvgIpc) is 2.84. The zero-order chi connectivity index (χ0) is 23.1. The maximum absolute atomic E-state index is 13.5. The molecule has 1 heterocycles. The Balaban J connectivity index is 1.31. The summed E-state index contributed by atoms with van der Waals surface area (Å²) < 4.78 is 5.96. The molecular formula is C28H37ClN2O2. The van der Waals surface area contributed by atoms with Gasteiger partial charge in [-0.1, -0.05) is 49.4 Å². The number of amides is 1. The number of benzene rings is 2. The van der Waals surface area contributed by atoms with Crippen LogP contribution < -0.4 is 10.1 Å². The Morgan fingerprint density at radius 1 is 1.03 bits per heavy atom. The van der Waals surface area contributed by atoms with Crippen molar-refractivity contribution in [2.75, 3.05) is 25.0 Å². The molecule has 1 atom stereocenters. The molecule has 5 heteroatoms. The number of carbonyl (C=O) groups is 1. The van der Waals surface area contributed by atoms with Crippen molar-refractivity contribution in [2.24, 2.45) is 0 Å². The molecule has 1 aliphatic carbocycles. The predicted octanol–water partition coefficient (Wildman–Crippen LogP) is 6.82. The molecule has 4 rings (SSSR count). The summed E-state index contributed by atoms with van der Waals surface area (Å²) in [5.74, 6) is 0.929. The third-order valence-corrected chi connectivity index (χ3v) is 7.70. The zero-order valence-corrected chi connectivity index (χ0v) is 20.6. The van der Waals surface area contributed by atoms with E-state index < -0.39 is 5.41 Å². The summed E-state index contributed by atoms with van der Waals surface area (Å²) in [4.78, 5) is 16.0. The van der Waals surface area contributed by atoms with Gasteiger partial charge in [0.05, 0.1) is 12.0 Å². The van der Waals surface area contributed by atoms with Crippen LogP contribution in [0.5, 0.6) is 5.75 Å². The Morgan fingerprint density at radius 2 is 1.76 bits per heavy atom. The third kappa shape index (κ3) is 6.10. The Morgan fingerprint density at radius 3 is 2.45 bits per heavy atom. The Kier molecular flexibility index (Phi) is 8.32. The van der Waals surface area contributed by atoms with E-state index in [9.17, 15) is 4.79 Å².